The fourth-order valence-electron chi connectivity index (χ4n) is 3.27. The zero-order valence-corrected chi connectivity index (χ0v) is 18.7. The van der Waals surface area contributed by atoms with Crippen molar-refractivity contribution >= 4 is 40.1 Å². The molecule has 1 atom stereocenters. The Hall–Kier alpha value is -3.59. The lowest BCUT2D eigenvalue weighted by Crippen LogP contribution is -2.33. The number of benzene rings is 2. The zero-order chi connectivity index (χ0) is 23.2. The Balaban J connectivity index is 1.55. The summed E-state index contributed by atoms with van der Waals surface area (Å²) < 4.78 is 24.2. The van der Waals surface area contributed by atoms with Gasteiger partial charge in [-0.05, 0) is 55.5 Å². The molecule has 0 bridgehead atoms. The lowest BCUT2D eigenvalue weighted by atomic mass is 10.2. The second-order valence-electron chi connectivity index (χ2n) is 7.16. The van der Waals surface area contributed by atoms with Crippen LogP contribution in [-0.4, -0.2) is 33.7 Å². The molecule has 2 heterocycles. The molecule has 1 unspecified atom stereocenters. The van der Waals surface area contributed by atoms with Gasteiger partial charge >= 0.3 is 0 Å². The molecular weight excluding hydrogens is 445 g/mol. The summed E-state index contributed by atoms with van der Waals surface area (Å²) in [5.41, 5.74) is 1.05. The number of para-hydroxylation sites is 2. The number of ether oxygens (including phenoxy) is 1. The highest BCUT2D eigenvalue weighted by Crippen LogP contribution is 2.35. The van der Waals surface area contributed by atoms with Crippen LogP contribution >= 0.6 is 11.8 Å². The maximum atomic E-state index is 13.2. The van der Waals surface area contributed by atoms with Crippen molar-refractivity contribution in [3.63, 3.8) is 0 Å². The first-order chi connectivity index (χ1) is 16.0. The number of hydrogen-bond donors (Lipinski definition) is 1. The van der Waals surface area contributed by atoms with Crippen molar-refractivity contribution in [1.82, 2.24) is 4.90 Å². The summed E-state index contributed by atoms with van der Waals surface area (Å²) in [7, 11) is 0. The van der Waals surface area contributed by atoms with Gasteiger partial charge in [-0.1, -0.05) is 23.9 Å². The average Bonchev–Trinajstić information content (AvgIpc) is 3.41. The van der Waals surface area contributed by atoms with Gasteiger partial charge in [0.1, 0.15) is 28.3 Å². The first kappa shape index (κ1) is 22.6. The first-order valence-electron chi connectivity index (χ1n) is 10.4. The SMILES string of the molecule is CCOc1ccccc1N=C1SC(CC(=O)Nc2ccc(F)cc2)C(=O)N1Cc1ccco1. The topological polar surface area (TPSA) is 84.1 Å². The minimum absolute atomic E-state index is 0.0539. The van der Waals surface area contributed by atoms with Crippen LogP contribution in [0.3, 0.4) is 0 Å². The van der Waals surface area contributed by atoms with Gasteiger partial charge in [-0.25, -0.2) is 9.38 Å². The Morgan fingerprint density at radius 1 is 1.18 bits per heavy atom. The van der Waals surface area contributed by atoms with Gasteiger partial charge < -0.3 is 14.5 Å². The molecule has 170 valence electrons. The van der Waals surface area contributed by atoms with Crippen LogP contribution in [0.4, 0.5) is 15.8 Å². The Bertz CT molecular complexity index is 1150. The van der Waals surface area contributed by atoms with Crippen LogP contribution < -0.4 is 10.1 Å². The monoisotopic (exact) mass is 467 g/mol. The summed E-state index contributed by atoms with van der Waals surface area (Å²) in [6, 6.07) is 16.3. The van der Waals surface area contributed by atoms with Gasteiger partial charge in [0, 0.05) is 12.1 Å². The number of rotatable bonds is 8. The standard InChI is InChI=1S/C24H22FN3O4S/c1-2-31-20-8-4-3-7-19(20)27-24-28(15-18-6-5-13-32-18)23(30)21(33-24)14-22(29)26-17-11-9-16(25)10-12-17/h3-13,21H,2,14-15H2,1H3,(H,26,29). The Labute approximate surface area is 194 Å². The molecule has 0 saturated carbocycles. The van der Waals surface area contributed by atoms with Gasteiger partial charge in [-0.15, -0.1) is 0 Å². The largest absolute Gasteiger partial charge is 0.492 e. The van der Waals surface area contributed by atoms with Gasteiger partial charge in [-0.2, -0.15) is 0 Å². The normalized spacial score (nSPS) is 16.9. The number of nitrogens with one attached hydrogen (secondary N) is 1. The lowest BCUT2D eigenvalue weighted by Gasteiger charge is -2.15. The van der Waals surface area contributed by atoms with Crippen molar-refractivity contribution in [3.05, 3.63) is 78.5 Å². The maximum absolute atomic E-state index is 13.2. The number of hydrogen-bond acceptors (Lipinski definition) is 6. The van der Waals surface area contributed by atoms with Gasteiger partial charge in [0.15, 0.2) is 5.17 Å². The molecule has 1 aliphatic heterocycles. The molecule has 1 aliphatic rings. The van der Waals surface area contributed by atoms with Crippen LogP contribution in [-0.2, 0) is 16.1 Å². The number of nitrogens with zero attached hydrogens (tertiary/aromatic N) is 2. The molecule has 0 aliphatic carbocycles. The average molecular weight is 468 g/mol. The lowest BCUT2D eigenvalue weighted by molar-refractivity contribution is -0.128. The second-order valence-corrected chi connectivity index (χ2v) is 8.33. The highest BCUT2D eigenvalue weighted by molar-refractivity contribution is 8.15. The summed E-state index contributed by atoms with van der Waals surface area (Å²) in [6.45, 7) is 2.57. The Morgan fingerprint density at radius 3 is 2.70 bits per heavy atom. The van der Waals surface area contributed by atoms with Crippen molar-refractivity contribution in [2.45, 2.75) is 25.1 Å². The van der Waals surface area contributed by atoms with E-state index >= 15 is 0 Å². The predicted octanol–water partition coefficient (Wildman–Crippen LogP) is 4.98. The smallest absolute Gasteiger partial charge is 0.243 e. The van der Waals surface area contributed by atoms with Crippen LogP contribution in [0, 0.1) is 5.82 Å². The third-order valence-electron chi connectivity index (χ3n) is 4.79. The summed E-state index contributed by atoms with van der Waals surface area (Å²) in [5.74, 6) is 0.234. The van der Waals surface area contributed by atoms with E-state index in [4.69, 9.17) is 9.15 Å². The van der Waals surface area contributed by atoms with E-state index in [0.29, 0.717) is 34.7 Å². The molecule has 2 aromatic carbocycles. The molecule has 1 fully saturated rings. The maximum Gasteiger partial charge on any atom is 0.243 e. The van der Waals surface area contributed by atoms with Gasteiger partial charge in [0.05, 0.1) is 19.4 Å². The van der Waals surface area contributed by atoms with E-state index in [9.17, 15) is 14.0 Å². The molecule has 7 nitrogen and oxygen atoms in total. The number of carbonyl (C=O) groups is 2. The molecule has 0 spiro atoms. The van der Waals surface area contributed by atoms with Crippen LogP contribution in [0.5, 0.6) is 5.75 Å². The third-order valence-corrected chi connectivity index (χ3v) is 5.97. The third kappa shape index (κ3) is 5.61. The second kappa shape index (κ2) is 10.4. The first-order valence-corrected chi connectivity index (χ1v) is 11.3. The number of anilines is 1. The van der Waals surface area contributed by atoms with Gasteiger partial charge in [0.25, 0.3) is 0 Å². The number of aliphatic imine (C=N–C) groups is 1. The number of amidine groups is 1. The number of amides is 2. The molecular formula is C24H22FN3O4S. The number of carbonyl (C=O) groups excluding carboxylic acids is 2. The van der Waals surface area contributed by atoms with Gasteiger partial charge in [0.2, 0.25) is 11.8 Å². The van der Waals surface area contributed by atoms with Crippen molar-refractivity contribution in [3.8, 4) is 5.75 Å². The number of furan rings is 1. The predicted molar refractivity (Wildman–Crippen MR) is 125 cm³/mol. The van der Waals surface area contributed by atoms with E-state index in [-0.39, 0.29) is 24.8 Å². The molecule has 2 amide bonds. The summed E-state index contributed by atoms with van der Waals surface area (Å²) in [4.78, 5) is 32.0. The molecule has 1 saturated heterocycles. The summed E-state index contributed by atoms with van der Waals surface area (Å²) in [5, 5.41) is 2.51. The van der Waals surface area contributed by atoms with Gasteiger partial charge in [-0.3, -0.25) is 14.5 Å². The van der Waals surface area contributed by atoms with Crippen molar-refractivity contribution < 1.29 is 23.1 Å². The molecule has 0 radical (unpaired) electrons. The highest BCUT2D eigenvalue weighted by Gasteiger charge is 2.39. The zero-order valence-electron chi connectivity index (χ0n) is 17.9. The fourth-order valence-corrected chi connectivity index (χ4v) is 4.42. The van der Waals surface area contributed by atoms with E-state index in [0.717, 1.165) is 0 Å². The molecule has 9 heteroatoms. The van der Waals surface area contributed by atoms with E-state index in [1.807, 2.05) is 31.2 Å². The van der Waals surface area contributed by atoms with E-state index in [1.54, 1.807) is 12.1 Å². The number of halogens is 1. The molecule has 3 aromatic rings. The quantitative estimate of drug-likeness (QED) is 0.505. The number of thioether (sulfide) groups is 1. The van der Waals surface area contributed by atoms with E-state index in [2.05, 4.69) is 10.3 Å². The minimum atomic E-state index is -0.654. The molecule has 33 heavy (non-hydrogen) atoms. The van der Waals surface area contributed by atoms with Crippen molar-refractivity contribution in [1.29, 1.82) is 0 Å². The summed E-state index contributed by atoms with van der Waals surface area (Å²) in [6.07, 6.45) is 1.49. The van der Waals surface area contributed by atoms with E-state index in [1.165, 1.54) is 47.2 Å². The van der Waals surface area contributed by atoms with E-state index < -0.39 is 11.1 Å². The minimum Gasteiger partial charge on any atom is -0.492 e. The van der Waals surface area contributed by atoms with Crippen LogP contribution in [0.15, 0.2) is 76.3 Å². The Morgan fingerprint density at radius 2 is 1.97 bits per heavy atom. The molecule has 1 aromatic heterocycles. The molecule has 4 rings (SSSR count). The highest BCUT2D eigenvalue weighted by atomic mass is 32.2. The summed E-state index contributed by atoms with van der Waals surface area (Å²) >= 11 is 1.22. The van der Waals surface area contributed by atoms with Crippen LogP contribution in [0.25, 0.3) is 0 Å². The van der Waals surface area contributed by atoms with Crippen LogP contribution in [0.1, 0.15) is 19.1 Å². The van der Waals surface area contributed by atoms with Crippen molar-refractivity contribution in [2.24, 2.45) is 4.99 Å². The van der Waals surface area contributed by atoms with Crippen molar-refractivity contribution in [2.75, 3.05) is 11.9 Å². The Kier molecular flexibility index (Phi) is 7.09. The fraction of sp³-hybridized carbons (Fsp3) is 0.208. The van der Waals surface area contributed by atoms with Crippen LogP contribution in [0.2, 0.25) is 0 Å². The molecule has 1 N–H and O–H groups in total.